The smallest absolute Gasteiger partial charge is 0.356 e. The Hall–Kier alpha value is -0.620. The van der Waals surface area contributed by atoms with Gasteiger partial charge in [-0.2, -0.15) is 13.2 Å². The molecule has 2 fully saturated rings. The summed E-state index contributed by atoms with van der Waals surface area (Å²) in [6, 6.07) is 0.389. The van der Waals surface area contributed by atoms with Crippen molar-refractivity contribution in [2.45, 2.75) is 63.6 Å². The molecule has 1 saturated carbocycles. The summed E-state index contributed by atoms with van der Waals surface area (Å²) in [5.41, 5.74) is -0.806. The third-order valence-electron chi connectivity index (χ3n) is 5.87. The number of rotatable bonds is 6. The fourth-order valence-corrected chi connectivity index (χ4v) is 5.03. The third-order valence-corrected chi connectivity index (χ3v) is 6.78. The number of nitrogens with one attached hydrogen (secondary N) is 2. The van der Waals surface area contributed by atoms with Crippen LogP contribution >= 0.6 is 35.3 Å². The number of hydrogen-bond donors (Lipinski definition) is 2. The number of halogens is 4. The Morgan fingerprint density at radius 3 is 2.50 bits per heavy atom. The number of piperidine rings is 1. The van der Waals surface area contributed by atoms with E-state index in [0.717, 1.165) is 48.6 Å². The fourth-order valence-electron chi connectivity index (χ4n) is 4.23. The van der Waals surface area contributed by atoms with Crippen LogP contribution in [0.3, 0.4) is 0 Å². The summed E-state index contributed by atoms with van der Waals surface area (Å²) < 4.78 is 37.9. The predicted molar refractivity (Wildman–Crippen MR) is 127 cm³/mol. The molecule has 0 amide bonds. The molecule has 2 aliphatic rings. The van der Waals surface area contributed by atoms with Crippen molar-refractivity contribution in [3.63, 3.8) is 0 Å². The molecule has 2 N–H and O–H groups in total. The molecule has 0 aromatic carbocycles. The van der Waals surface area contributed by atoms with Gasteiger partial charge in [-0.15, -0.1) is 35.3 Å². The molecule has 10 heteroatoms. The second-order valence-electron chi connectivity index (χ2n) is 8.10. The molecule has 5 nitrogen and oxygen atoms in total. The van der Waals surface area contributed by atoms with Crippen LogP contribution < -0.4 is 10.6 Å². The van der Waals surface area contributed by atoms with Gasteiger partial charge in [-0.3, -0.25) is 4.99 Å². The zero-order chi connectivity index (χ0) is 20.7. The predicted octanol–water partition coefficient (Wildman–Crippen LogP) is 4.53. The Balaban J connectivity index is 0.00000320. The molecular formula is C20H33F3IN5S. The molecule has 0 unspecified atom stereocenters. The lowest BCUT2D eigenvalue weighted by Crippen LogP contribution is -2.49. The highest BCUT2D eigenvalue weighted by atomic mass is 127. The first-order valence-electron chi connectivity index (χ1n) is 10.6. The molecule has 3 rings (SSSR count). The minimum Gasteiger partial charge on any atom is -0.356 e. The van der Waals surface area contributed by atoms with Gasteiger partial charge in [0.15, 0.2) is 11.7 Å². The highest BCUT2D eigenvalue weighted by Crippen LogP contribution is 2.30. The van der Waals surface area contributed by atoms with Crippen molar-refractivity contribution in [1.29, 1.82) is 0 Å². The van der Waals surface area contributed by atoms with Gasteiger partial charge < -0.3 is 15.5 Å². The Bertz CT molecular complexity index is 653. The van der Waals surface area contributed by atoms with E-state index in [4.69, 9.17) is 0 Å². The van der Waals surface area contributed by atoms with Crippen molar-refractivity contribution in [3.05, 3.63) is 16.1 Å². The largest absolute Gasteiger partial charge is 0.434 e. The lowest BCUT2D eigenvalue weighted by Gasteiger charge is -2.36. The number of guanidine groups is 1. The standard InChI is InChI=1S/C20H32F3N5S.HI/c1-24-19(25-10-7-18-27-17(14-29-18)20(21,22)23)26-16-8-11-28(12-9-16)13-15-5-3-2-4-6-15;/h14-16H,2-13H2,1H3,(H2,24,25,26);1H. The number of thiazole rings is 1. The maximum absolute atomic E-state index is 12.6. The third kappa shape index (κ3) is 8.14. The Morgan fingerprint density at radius 2 is 1.90 bits per heavy atom. The first-order chi connectivity index (χ1) is 13.9. The van der Waals surface area contributed by atoms with Gasteiger partial charge in [0.05, 0.1) is 5.01 Å². The first-order valence-corrected chi connectivity index (χ1v) is 11.5. The van der Waals surface area contributed by atoms with Crippen LogP contribution in [0, 0.1) is 5.92 Å². The van der Waals surface area contributed by atoms with Crippen LogP contribution in [0.25, 0.3) is 0 Å². The number of aromatic nitrogens is 1. The van der Waals surface area contributed by atoms with E-state index in [-0.39, 0.29) is 24.0 Å². The van der Waals surface area contributed by atoms with E-state index in [9.17, 15) is 13.2 Å². The lowest BCUT2D eigenvalue weighted by molar-refractivity contribution is -0.140. The van der Waals surface area contributed by atoms with Crippen LogP contribution in [0.4, 0.5) is 13.2 Å². The van der Waals surface area contributed by atoms with Crippen molar-refractivity contribution >= 4 is 41.3 Å². The van der Waals surface area contributed by atoms with Gasteiger partial charge in [-0.25, -0.2) is 4.98 Å². The summed E-state index contributed by atoms with van der Waals surface area (Å²) in [5.74, 6) is 1.59. The maximum Gasteiger partial charge on any atom is 0.434 e. The van der Waals surface area contributed by atoms with E-state index in [0.29, 0.717) is 30.0 Å². The summed E-state index contributed by atoms with van der Waals surface area (Å²) in [7, 11) is 1.72. The molecule has 1 aliphatic heterocycles. The van der Waals surface area contributed by atoms with E-state index in [1.807, 2.05) is 0 Å². The van der Waals surface area contributed by atoms with Gasteiger partial charge in [0.25, 0.3) is 0 Å². The van der Waals surface area contributed by atoms with Gasteiger partial charge in [-0.05, 0) is 31.6 Å². The first kappa shape index (κ1) is 25.6. The molecular weight excluding hydrogens is 526 g/mol. The van der Waals surface area contributed by atoms with Crippen LogP contribution in [-0.2, 0) is 12.6 Å². The van der Waals surface area contributed by atoms with Crippen LogP contribution in [-0.4, -0.2) is 55.1 Å². The van der Waals surface area contributed by atoms with Gasteiger partial charge in [0.1, 0.15) is 0 Å². The highest BCUT2D eigenvalue weighted by molar-refractivity contribution is 14.0. The molecule has 30 heavy (non-hydrogen) atoms. The maximum atomic E-state index is 12.6. The molecule has 1 saturated heterocycles. The molecule has 0 atom stereocenters. The second-order valence-corrected chi connectivity index (χ2v) is 9.04. The van der Waals surface area contributed by atoms with Gasteiger partial charge >= 0.3 is 6.18 Å². The van der Waals surface area contributed by atoms with E-state index < -0.39 is 11.9 Å². The van der Waals surface area contributed by atoms with E-state index in [2.05, 4.69) is 25.5 Å². The minimum atomic E-state index is -4.37. The quantitative estimate of drug-likeness (QED) is 0.306. The number of hydrogen-bond acceptors (Lipinski definition) is 4. The summed E-state index contributed by atoms with van der Waals surface area (Å²) in [6.07, 6.45) is 5.22. The number of nitrogens with zero attached hydrogens (tertiary/aromatic N) is 3. The van der Waals surface area contributed by atoms with Crippen molar-refractivity contribution in [1.82, 2.24) is 20.5 Å². The van der Waals surface area contributed by atoms with Crippen LogP contribution in [0.5, 0.6) is 0 Å². The molecule has 0 radical (unpaired) electrons. The normalized spacial score (nSPS) is 20.1. The Morgan fingerprint density at radius 1 is 1.20 bits per heavy atom. The summed E-state index contributed by atoms with van der Waals surface area (Å²) in [4.78, 5) is 10.5. The molecule has 1 aliphatic carbocycles. The number of alkyl halides is 3. The summed E-state index contributed by atoms with van der Waals surface area (Å²) in [5, 5.41) is 8.22. The van der Waals surface area contributed by atoms with E-state index >= 15 is 0 Å². The molecule has 0 bridgehead atoms. The zero-order valence-corrected chi connectivity index (χ0v) is 20.7. The molecule has 1 aromatic rings. The average Bonchev–Trinajstić information content (AvgIpc) is 3.19. The molecule has 172 valence electrons. The van der Waals surface area contributed by atoms with E-state index in [1.54, 1.807) is 7.05 Å². The Labute approximate surface area is 198 Å². The highest BCUT2D eigenvalue weighted by Gasteiger charge is 2.33. The van der Waals surface area contributed by atoms with Crippen molar-refractivity contribution in [3.8, 4) is 0 Å². The average molecular weight is 559 g/mol. The van der Waals surface area contributed by atoms with Gasteiger partial charge in [-0.1, -0.05) is 19.3 Å². The van der Waals surface area contributed by atoms with Gasteiger partial charge in [0, 0.05) is 51.1 Å². The second kappa shape index (κ2) is 12.4. The SMILES string of the molecule is CN=C(NCCc1nc(C(F)(F)F)cs1)NC1CCN(CC2CCCCC2)CC1.I. The fraction of sp³-hybridized carbons (Fsp3) is 0.800. The van der Waals surface area contributed by atoms with Crippen molar-refractivity contribution < 1.29 is 13.2 Å². The number of likely N-dealkylation sites (tertiary alicyclic amines) is 1. The minimum absolute atomic E-state index is 0. The van der Waals surface area contributed by atoms with E-state index in [1.165, 1.54) is 38.6 Å². The number of aliphatic imine (C=N–C) groups is 1. The van der Waals surface area contributed by atoms with Crippen LogP contribution in [0.2, 0.25) is 0 Å². The Kier molecular flexibility index (Phi) is 10.6. The zero-order valence-electron chi connectivity index (χ0n) is 17.5. The van der Waals surface area contributed by atoms with Crippen LogP contribution in [0.15, 0.2) is 10.4 Å². The summed E-state index contributed by atoms with van der Waals surface area (Å²) in [6.45, 7) is 3.98. The van der Waals surface area contributed by atoms with Crippen molar-refractivity contribution in [2.24, 2.45) is 10.9 Å². The van der Waals surface area contributed by atoms with Crippen LogP contribution in [0.1, 0.15) is 55.6 Å². The van der Waals surface area contributed by atoms with Gasteiger partial charge in [0.2, 0.25) is 0 Å². The molecule has 2 heterocycles. The van der Waals surface area contributed by atoms with Crippen molar-refractivity contribution in [2.75, 3.05) is 33.2 Å². The molecule has 1 aromatic heterocycles. The topological polar surface area (TPSA) is 52.6 Å². The lowest BCUT2D eigenvalue weighted by atomic mass is 9.88. The molecule has 0 spiro atoms. The monoisotopic (exact) mass is 559 g/mol. The summed E-state index contributed by atoms with van der Waals surface area (Å²) >= 11 is 1.05.